The minimum absolute atomic E-state index is 0.0442. The molecule has 20 heavy (non-hydrogen) atoms. The second-order valence-electron chi connectivity index (χ2n) is 4.44. The first-order valence-electron chi connectivity index (χ1n) is 6.18. The SMILES string of the molecule is COc1cc(N(C)C(C)c2ccccc2Cl)nc(N)n1. The maximum atomic E-state index is 6.23. The van der Waals surface area contributed by atoms with Gasteiger partial charge in [0.05, 0.1) is 13.2 Å². The fourth-order valence-electron chi connectivity index (χ4n) is 1.94. The molecule has 0 saturated carbocycles. The highest BCUT2D eigenvalue weighted by Crippen LogP contribution is 2.30. The minimum atomic E-state index is 0.0442. The van der Waals surface area contributed by atoms with Crippen LogP contribution in [0.25, 0.3) is 0 Å². The molecule has 5 nitrogen and oxygen atoms in total. The van der Waals surface area contributed by atoms with Gasteiger partial charge in [0.2, 0.25) is 11.8 Å². The first kappa shape index (κ1) is 14.4. The Bertz CT molecular complexity index is 605. The number of hydrogen-bond acceptors (Lipinski definition) is 5. The van der Waals surface area contributed by atoms with Gasteiger partial charge in [-0.25, -0.2) is 0 Å². The number of anilines is 2. The zero-order valence-corrected chi connectivity index (χ0v) is 12.4. The van der Waals surface area contributed by atoms with Gasteiger partial charge in [-0.2, -0.15) is 9.97 Å². The summed E-state index contributed by atoms with van der Waals surface area (Å²) in [6.45, 7) is 2.05. The van der Waals surface area contributed by atoms with Crippen LogP contribution in [0.5, 0.6) is 5.88 Å². The average molecular weight is 293 g/mol. The lowest BCUT2D eigenvalue weighted by molar-refractivity contribution is 0.397. The molecule has 0 aliphatic carbocycles. The quantitative estimate of drug-likeness (QED) is 0.938. The van der Waals surface area contributed by atoms with Gasteiger partial charge in [-0.1, -0.05) is 29.8 Å². The van der Waals surface area contributed by atoms with Crippen molar-refractivity contribution in [3.8, 4) is 5.88 Å². The highest BCUT2D eigenvalue weighted by Gasteiger charge is 2.17. The van der Waals surface area contributed by atoms with E-state index in [1.54, 1.807) is 13.2 Å². The highest BCUT2D eigenvalue weighted by atomic mass is 35.5. The average Bonchev–Trinajstić information content (AvgIpc) is 2.45. The number of aromatic nitrogens is 2. The summed E-state index contributed by atoms with van der Waals surface area (Å²) in [5.74, 6) is 1.30. The van der Waals surface area contributed by atoms with Crippen molar-refractivity contribution in [1.29, 1.82) is 0 Å². The lowest BCUT2D eigenvalue weighted by Gasteiger charge is -2.27. The molecule has 1 heterocycles. The lowest BCUT2D eigenvalue weighted by atomic mass is 10.1. The first-order valence-corrected chi connectivity index (χ1v) is 6.56. The first-order chi connectivity index (χ1) is 9.52. The van der Waals surface area contributed by atoms with Crippen LogP contribution in [0.4, 0.5) is 11.8 Å². The third kappa shape index (κ3) is 2.93. The number of rotatable bonds is 4. The van der Waals surface area contributed by atoms with E-state index < -0.39 is 0 Å². The molecule has 1 aromatic carbocycles. The number of hydrogen-bond donors (Lipinski definition) is 1. The molecular weight excluding hydrogens is 276 g/mol. The van der Waals surface area contributed by atoms with E-state index in [9.17, 15) is 0 Å². The fraction of sp³-hybridized carbons (Fsp3) is 0.286. The topological polar surface area (TPSA) is 64.3 Å². The smallest absolute Gasteiger partial charge is 0.225 e. The molecule has 0 fully saturated rings. The summed E-state index contributed by atoms with van der Waals surface area (Å²) >= 11 is 6.23. The Morgan fingerprint density at radius 2 is 2.00 bits per heavy atom. The summed E-state index contributed by atoms with van der Waals surface area (Å²) in [5.41, 5.74) is 6.71. The summed E-state index contributed by atoms with van der Waals surface area (Å²) in [7, 11) is 3.47. The van der Waals surface area contributed by atoms with Crippen LogP contribution in [-0.4, -0.2) is 24.1 Å². The maximum Gasteiger partial charge on any atom is 0.225 e. The number of halogens is 1. The second kappa shape index (κ2) is 5.96. The largest absolute Gasteiger partial charge is 0.481 e. The summed E-state index contributed by atoms with van der Waals surface area (Å²) in [6, 6.07) is 9.51. The number of nitrogen functional groups attached to an aromatic ring is 1. The van der Waals surface area contributed by atoms with Crippen molar-refractivity contribution in [1.82, 2.24) is 9.97 Å². The van der Waals surface area contributed by atoms with Crippen molar-refractivity contribution in [2.45, 2.75) is 13.0 Å². The van der Waals surface area contributed by atoms with Crippen LogP contribution in [0.2, 0.25) is 5.02 Å². The molecule has 0 bridgehead atoms. The Hall–Kier alpha value is -2.01. The highest BCUT2D eigenvalue weighted by molar-refractivity contribution is 6.31. The van der Waals surface area contributed by atoms with Crippen LogP contribution in [0.1, 0.15) is 18.5 Å². The predicted molar refractivity (Wildman–Crippen MR) is 81.3 cm³/mol. The molecular formula is C14H17ClN4O. The van der Waals surface area contributed by atoms with Crippen LogP contribution in [0, 0.1) is 0 Å². The second-order valence-corrected chi connectivity index (χ2v) is 4.84. The molecule has 1 aromatic heterocycles. The molecule has 0 aliphatic rings. The molecule has 106 valence electrons. The van der Waals surface area contributed by atoms with Gasteiger partial charge in [0, 0.05) is 18.1 Å². The number of methoxy groups -OCH3 is 1. The molecule has 1 unspecified atom stereocenters. The Morgan fingerprint density at radius 1 is 1.30 bits per heavy atom. The van der Waals surface area contributed by atoms with Crippen molar-refractivity contribution in [3.63, 3.8) is 0 Å². The molecule has 0 radical (unpaired) electrons. The van der Waals surface area contributed by atoms with Crippen LogP contribution >= 0.6 is 11.6 Å². The van der Waals surface area contributed by atoms with Gasteiger partial charge in [0.15, 0.2) is 0 Å². The standard InChI is InChI=1S/C14H17ClN4O/c1-9(10-6-4-5-7-11(10)15)19(2)12-8-13(20-3)18-14(16)17-12/h4-9H,1-3H3,(H2,16,17,18). The van der Waals surface area contributed by atoms with E-state index in [0.717, 1.165) is 10.6 Å². The van der Waals surface area contributed by atoms with Crippen molar-refractivity contribution in [2.24, 2.45) is 0 Å². The fourth-order valence-corrected chi connectivity index (χ4v) is 2.23. The van der Waals surface area contributed by atoms with Crippen molar-refractivity contribution in [3.05, 3.63) is 40.9 Å². The van der Waals surface area contributed by atoms with E-state index >= 15 is 0 Å². The number of nitrogens with two attached hydrogens (primary N) is 1. The Kier molecular flexibility index (Phi) is 4.29. The molecule has 0 aliphatic heterocycles. The van der Waals surface area contributed by atoms with Crippen molar-refractivity contribution < 1.29 is 4.74 Å². The van der Waals surface area contributed by atoms with Gasteiger partial charge in [0.1, 0.15) is 5.82 Å². The van der Waals surface area contributed by atoms with Crippen LogP contribution < -0.4 is 15.4 Å². The number of benzene rings is 1. The number of nitrogens with zero attached hydrogens (tertiary/aromatic N) is 3. The van der Waals surface area contributed by atoms with Crippen LogP contribution in [0.15, 0.2) is 30.3 Å². The zero-order valence-electron chi connectivity index (χ0n) is 11.7. The van der Waals surface area contributed by atoms with E-state index in [2.05, 4.69) is 9.97 Å². The monoisotopic (exact) mass is 292 g/mol. The van der Waals surface area contributed by atoms with Crippen LogP contribution in [0.3, 0.4) is 0 Å². The normalized spacial score (nSPS) is 12.0. The predicted octanol–water partition coefficient (Wildman–Crippen LogP) is 2.92. The zero-order chi connectivity index (χ0) is 14.7. The Balaban J connectivity index is 2.33. The molecule has 0 amide bonds. The van der Waals surface area contributed by atoms with Gasteiger partial charge in [0.25, 0.3) is 0 Å². The van der Waals surface area contributed by atoms with Gasteiger partial charge in [-0.15, -0.1) is 0 Å². The molecule has 2 N–H and O–H groups in total. The molecule has 1 atom stereocenters. The third-order valence-corrected chi connectivity index (χ3v) is 3.56. The maximum absolute atomic E-state index is 6.23. The molecule has 2 rings (SSSR count). The van der Waals surface area contributed by atoms with Gasteiger partial charge < -0.3 is 15.4 Å². The summed E-state index contributed by atoms with van der Waals surface area (Å²) in [5, 5.41) is 0.723. The summed E-state index contributed by atoms with van der Waals surface area (Å²) in [4.78, 5) is 10.2. The van der Waals surface area contributed by atoms with Crippen LogP contribution in [-0.2, 0) is 0 Å². The van der Waals surface area contributed by atoms with Crippen molar-refractivity contribution in [2.75, 3.05) is 24.8 Å². The van der Waals surface area contributed by atoms with E-state index in [1.165, 1.54) is 0 Å². The van der Waals surface area contributed by atoms with E-state index in [4.69, 9.17) is 22.1 Å². The minimum Gasteiger partial charge on any atom is -0.481 e. The summed E-state index contributed by atoms with van der Waals surface area (Å²) in [6.07, 6.45) is 0. The molecule has 6 heteroatoms. The Labute approximate surface area is 123 Å². The van der Waals surface area contributed by atoms with E-state index in [0.29, 0.717) is 11.7 Å². The van der Waals surface area contributed by atoms with Crippen molar-refractivity contribution >= 4 is 23.4 Å². The van der Waals surface area contributed by atoms with E-state index in [1.807, 2.05) is 43.1 Å². The molecule has 0 saturated heterocycles. The molecule has 2 aromatic rings. The van der Waals surface area contributed by atoms with Gasteiger partial charge >= 0.3 is 0 Å². The molecule has 0 spiro atoms. The third-order valence-electron chi connectivity index (χ3n) is 3.21. The van der Waals surface area contributed by atoms with Gasteiger partial charge in [-0.05, 0) is 18.6 Å². The van der Waals surface area contributed by atoms with Gasteiger partial charge in [-0.3, -0.25) is 0 Å². The summed E-state index contributed by atoms with van der Waals surface area (Å²) < 4.78 is 5.11. The van der Waals surface area contributed by atoms with E-state index in [-0.39, 0.29) is 12.0 Å². The number of ether oxygens (including phenoxy) is 1. The Morgan fingerprint density at radius 3 is 2.65 bits per heavy atom. The lowest BCUT2D eigenvalue weighted by Crippen LogP contribution is -2.23.